The zero-order chi connectivity index (χ0) is 18.2. The largest absolute Gasteiger partial charge is 0.452 e. The number of rotatable bonds is 6. The van der Waals surface area contributed by atoms with Crippen LogP contribution < -0.4 is 5.32 Å². The van der Waals surface area contributed by atoms with E-state index in [0.29, 0.717) is 28.3 Å². The summed E-state index contributed by atoms with van der Waals surface area (Å²) < 4.78 is 10.4. The molecule has 2 aromatic heterocycles. The van der Waals surface area contributed by atoms with Gasteiger partial charge >= 0.3 is 5.97 Å². The van der Waals surface area contributed by atoms with Gasteiger partial charge in [-0.1, -0.05) is 12.1 Å². The summed E-state index contributed by atoms with van der Waals surface area (Å²) in [5, 5.41) is 7.27. The fourth-order valence-corrected chi connectivity index (χ4v) is 2.57. The highest BCUT2D eigenvalue weighted by Crippen LogP contribution is 2.40. The number of esters is 1. The topological polar surface area (TPSA) is 94.3 Å². The molecule has 2 heterocycles. The summed E-state index contributed by atoms with van der Waals surface area (Å²) in [6.07, 6.45) is 2.88. The van der Waals surface area contributed by atoms with Crippen LogP contribution in [-0.4, -0.2) is 34.2 Å². The lowest BCUT2D eigenvalue weighted by atomic mass is 10.0. The maximum Gasteiger partial charge on any atom is 0.339 e. The average Bonchev–Trinajstić information content (AvgIpc) is 3.35. The van der Waals surface area contributed by atoms with E-state index in [1.165, 1.54) is 0 Å². The number of carbonyl (C=O) groups excluding carboxylic acids is 2. The molecule has 134 valence electrons. The Kier molecular flexibility index (Phi) is 4.49. The molecule has 1 fully saturated rings. The number of hydrogen-bond donors (Lipinski definition) is 1. The number of nitrogens with one attached hydrogen (secondary N) is 1. The lowest BCUT2D eigenvalue weighted by Crippen LogP contribution is -2.44. The van der Waals surface area contributed by atoms with Gasteiger partial charge in [0.1, 0.15) is 0 Å². The number of amides is 1. The molecule has 3 rings (SSSR count). The monoisotopic (exact) mass is 345 g/mol. The molecule has 2 aromatic rings. The molecule has 1 saturated carbocycles. The van der Waals surface area contributed by atoms with Gasteiger partial charge in [0.05, 0.1) is 16.6 Å². The second-order valence-corrected chi connectivity index (χ2v) is 7.18. The van der Waals surface area contributed by atoms with Crippen LogP contribution in [0.5, 0.6) is 0 Å². The first-order valence-corrected chi connectivity index (χ1v) is 8.56. The van der Waals surface area contributed by atoms with Crippen molar-refractivity contribution >= 4 is 23.0 Å². The second-order valence-electron chi connectivity index (χ2n) is 7.18. The van der Waals surface area contributed by atoms with Crippen LogP contribution >= 0.6 is 0 Å². The quantitative estimate of drug-likeness (QED) is 0.809. The molecule has 1 amide bonds. The third-order valence-corrected chi connectivity index (χ3v) is 4.55. The van der Waals surface area contributed by atoms with Gasteiger partial charge < -0.3 is 14.6 Å². The number of aryl methyl sites for hydroxylation is 1. The minimum absolute atomic E-state index is 0.324. The van der Waals surface area contributed by atoms with Crippen molar-refractivity contribution in [3.63, 3.8) is 0 Å². The van der Waals surface area contributed by atoms with Crippen LogP contribution in [0.2, 0.25) is 0 Å². The smallest absolute Gasteiger partial charge is 0.339 e. The van der Waals surface area contributed by atoms with E-state index in [2.05, 4.69) is 15.5 Å². The SMILES string of the molecule is CCC(C)(C)NC(=O)COC(=O)c1cc(C2CC2)nc2onc(C)c12. The molecule has 1 aliphatic rings. The first-order chi connectivity index (χ1) is 11.8. The molecule has 0 aromatic carbocycles. The van der Waals surface area contributed by atoms with Crippen LogP contribution in [0.25, 0.3) is 11.1 Å². The highest BCUT2D eigenvalue weighted by molar-refractivity contribution is 6.03. The number of aromatic nitrogens is 2. The van der Waals surface area contributed by atoms with Crippen molar-refractivity contribution in [3.8, 4) is 0 Å². The van der Waals surface area contributed by atoms with E-state index in [-0.39, 0.29) is 18.1 Å². The van der Waals surface area contributed by atoms with Crippen LogP contribution in [0, 0.1) is 6.92 Å². The Hall–Kier alpha value is -2.44. The zero-order valence-corrected chi connectivity index (χ0v) is 15.0. The van der Waals surface area contributed by atoms with Crippen molar-refractivity contribution in [2.75, 3.05) is 6.61 Å². The molecule has 25 heavy (non-hydrogen) atoms. The van der Waals surface area contributed by atoms with Gasteiger partial charge in [0.2, 0.25) is 0 Å². The molecule has 7 nitrogen and oxygen atoms in total. The standard InChI is InChI=1S/C18H23N3O4/c1-5-18(3,4)20-14(22)9-24-17(23)12-8-13(11-6-7-11)19-16-15(12)10(2)21-25-16/h8,11H,5-7,9H2,1-4H3,(H,20,22). The van der Waals surface area contributed by atoms with Crippen molar-refractivity contribution in [3.05, 3.63) is 23.0 Å². The fourth-order valence-electron chi connectivity index (χ4n) is 2.57. The first-order valence-electron chi connectivity index (χ1n) is 8.56. The summed E-state index contributed by atoms with van der Waals surface area (Å²) in [6, 6.07) is 1.74. The van der Waals surface area contributed by atoms with Crippen LogP contribution in [0.4, 0.5) is 0 Å². The van der Waals surface area contributed by atoms with Gasteiger partial charge in [-0.25, -0.2) is 9.78 Å². The minimum atomic E-state index is -0.565. The number of nitrogens with zero attached hydrogens (tertiary/aromatic N) is 2. The van der Waals surface area contributed by atoms with E-state index < -0.39 is 5.97 Å². The van der Waals surface area contributed by atoms with E-state index in [9.17, 15) is 9.59 Å². The molecule has 0 saturated heterocycles. The molecule has 1 aliphatic carbocycles. The van der Waals surface area contributed by atoms with Gasteiger partial charge in [-0.15, -0.1) is 0 Å². The van der Waals surface area contributed by atoms with E-state index in [0.717, 1.165) is 25.0 Å². The predicted molar refractivity (Wildman–Crippen MR) is 91.3 cm³/mol. The molecule has 7 heteroatoms. The predicted octanol–water partition coefficient (Wildman–Crippen LogP) is 2.87. The van der Waals surface area contributed by atoms with Gasteiger partial charge in [-0.05, 0) is 46.1 Å². The molecule has 0 bridgehead atoms. The second kappa shape index (κ2) is 6.46. The molecule has 0 aliphatic heterocycles. The van der Waals surface area contributed by atoms with Gasteiger partial charge in [-0.2, -0.15) is 0 Å². The van der Waals surface area contributed by atoms with Crippen LogP contribution in [0.1, 0.15) is 67.7 Å². The summed E-state index contributed by atoms with van der Waals surface area (Å²) in [5.41, 5.74) is 1.75. The molecule has 0 unspecified atom stereocenters. The number of fused-ring (bicyclic) bond motifs is 1. The maximum atomic E-state index is 12.5. The average molecular weight is 345 g/mol. The molecule has 0 radical (unpaired) electrons. The lowest BCUT2D eigenvalue weighted by molar-refractivity contribution is -0.125. The molecular weight excluding hydrogens is 322 g/mol. The summed E-state index contributed by atoms with van der Waals surface area (Å²) in [6.45, 7) is 7.24. The Morgan fingerprint density at radius 3 is 2.76 bits per heavy atom. The van der Waals surface area contributed by atoms with Crippen molar-refractivity contribution in [2.24, 2.45) is 0 Å². The third-order valence-electron chi connectivity index (χ3n) is 4.55. The fraction of sp³-hybridized carbons (Fsp3) is 0.556. The Labute approximate surface area is 146 Å². The van der Waals surface area contributed by atoms with Crippen LogP contribution in [0.3, 0.4) is 0 Å². The Morgan fingerprint density at radius 2 is 2.12 bits per heavy atom. The number of ether oxygens (including phenoxy) is 1. The normalized spacial score (nSPS) is 14.6. The Balaban J connectivity index is 1.77. The summed E-state index contributed by atoms with van der Waals surface area (Å²) in [5.74, 6) is -0.532. The van der Waals surface area contributed by atoms with Crippen LogP contribution in [0.15, 0.2) is 10.6 Å². The summed E-state index contributed by atoms with van der Waals surface area (Å²) >= 11 is 0. The summed E-state index contributed by atoms with van der Waals surface area (Å²) in [7, 11) is 0. The molecule has 0 spiro atoms. The van der Waals surface area contributed by atoms with Crippen molar-refractivity contribution in [1.29, 1.82) is 0 Å². The molecule has 1 N–H and O–H groups in total. The lowest BCUT2D eigenvalue weighted by Gasteiger charge is -2.24. The van der Waals surface area contributed by atoms with Gasteiger partial charge in [-0.3, -0.25) is 4.79 Å². The number of carbonyl (C=O) groups is 2. The molecule has 0 atom stereocenters. The zero-order valence-electron chi connectivity index (χ0n) is 15.0. The minimum Gasteiger partial charge on any atom is -0.452 e. The number of hydrogen-bond acceptors (Lipinski definition) is 6. The van der Waals surface area contributed by atoms with E-state index in [4.69, 9.17) is 9.26 Å². The van der Waals surface area contributed by atoms with Crippen molar-refractivity contribution in [2.45, 2.75) is 58.4 Å². The highest BCUT2D eigenvalue weighted by atomic mass is 16.5. The number of pyridine rings is 1. The highest BCUT2D eigenvalue weighted by Gasteiger charge is 2.29. The molecular formula is C18H23N3O4. The van der Waals surface area contributed by atoms with E-state index in [1.54, 1.807) is 13.0 Å². The Morgan fingerprint density at radius 1 is 1.40 bits per heavy atom. The van der Waals surface area contributed by atoms with Crippen molar-refractivity contribution in [1.82, 2.24) is 15.5 Å². The van der Waals surface area contributed by atoms with E-state index in [1.807, 2.05) is 20.8 Å². The van der Waals surface area contributed by atoms with Gasteiger partial charge in [0.25, 0.3) is 11.6 Å². The van der Waals surface area contributed by atoms with Gasteiger partial charge in [0, 0.05) is 17.2 Å². The maximum absolute atomic E-state index is 12.5. The first kappa shape index (κ1) is 17.4. The van der Waals surface area contributed by atoms with E-state index >= 15 is 0 Å². The van der Waals surface area contributed by atoms with Crippen LogP contribution in [-0.2, 0) is 9.53 Å². The summed E-state index contributed by atoms with van der Waals surface area (Å²) in [4.78, 5) is 29.0. The van der Waals surface area contributed by atoms with Crippen molar-refractivity contribution < 1.29 is 18.8 Å². The third kappa shape index (κ3) is 3.81. The van der Waals surface area contributed by atoms with Gasteiger partial charge in [0.15, 0.2) is 6.61 Å². The Bertz CT molecular complexity index is 821.